The summed E-state index contributed by atoms with van der Waals surface area (Å²) in [5, 5.41) is 2.55. The van der Waals surface area contributed by atoms with Crippen LogP contribution in [0.15, 0.2) is 40.1 Å². The number of carbonyl (C=O) groups excluding carboxylic acids is 1. The van der Waals surface area contributed by atoms with Gasteiger partial charge in [-0.2, -0.15) is 0 Å². The lowest BCUT2D eigenvalue weighted by Crippen LogP contribution is -2.55. The number of pyridine rings is 1. The highest BCUT2D eigenvalue weighted by atomic mass is 19.1. The standard InChI is InChI=1S/C23H21F3N4O3/c1-11(19-16(26)5-14(25)10-27-19)28-20(31)18(9-23-6-12(7-23)8-23)30-21(32)15-4-13(24)2-3-17(15)29-22(30)33/h2-5,10-12,18H,6-9H2,1H3,(H,28,31)(H,29,33)/t11-,12?,18-,23?/m0/s1. The van der Waals surface area contributed by atoms with Crippen molar-refractivity contribution in [3.05, 3.63) is 74.4 Å². The molecule has 0 unspecified atom stereocenters. The summed E-state index contributed by atoms with van der Waals surface area (Å²) in [5.74, 6) is -2.48. The Bertz CT molecular complexity index is 1380. The Morgan fingerprint density at radius 3 is 2.58 bits per heavy atom. The Morgan fingerprint density at radius 2 is 1.94 bits per heavy atom. The van der Waals surface area contributed by atoms with Gasteiger partial charge in [0.15, 0.2) is 0 Å². The summed E-state index contributed by atoms with van der Waals surface area (Å²) in [5.41, 5.74) is -1.70. The molecule has 7 nitrogen and oxygen atoms in total. The highest BCUT2D eigenvalue weighted by molar-refractivity contribution is 5.82. The van der Waals surface area contributed by atoms with Gasteiger partial charge >= 0.3 is 5.69 Å². The van der Waals surface area contributed by atoms with Gasteiger partial charge in [-0.25, -0.2) is 22.5 Å². The number of halogens is 3. The smallest absolute Gasteiger partial charge is 0.329 e. The van der Waals surface area contributed by atoms with E-state index in [-0.39, 0.29) is 28.4 Å². The van der Waals surface area contributed by atoms with Gasteiger partial charge in [-0.3, -0.25) is 14.6 Å². The molecule has 2 heterocycles. The number of nitrogens with zero attached hydrogens (tertiary/aromatic N) is 2. The number of nitrogens with one attached hydrogen (secondary N) is 2. The summed E-state index contributed by atoms with van der Waals surface area (Å²) in [6.45, 7) is 1.47. The van der Waals surface area contributed by atoms with Crippen LogP contribution in [0.3, 0.4) is 0 Å². The Kier molecular flexibility index (Phi) is 4.91. The molecule has 1 amide bonds. The lowest BCUT2D eigenvalue weighted by atomic mass is 9.43. The maximum atomic E-state index is 14.2. The number of H-pyrrole nitrogens is 1. The number of rotatable bonds is 6. The zero-order valence-corrected chi connectivity index (χ0v) is 17.7. The van der Waals surface area contributed by atoms with Crippen molar-refractivity contribution >= 4 is 16.8 Å². The summed E-state index contributed by atoms with van der Waals surface area (Å²) < 4.78 is 42.0. The fourth-order valence-corrected chi connectivity index (χ4v) is 5.22. The van der Waals surface area contributed by atoms with Crippen LogP contribution in [0.25, 0.3) is 10.9 Å². The third-order valence-corrected chi connectivity index (χ3v) is 6.90. The van der Waals surface area contributed by atoms with Crippen LogP contribution >= 0.6 is 0 Å². The first-order chi connectivity index (χ1) is 15.7. The SMILES string of the molecule is C[C@H](NC(=O)[C@H](CC12CC(C1)C2)n1c(=O)[nH]c2ccc(F)cc2c1=O)c1ncc(F)cc1F. The first kappa shape index (κ1) is 21.4. The van der Waals surface area contributed by atoms with Crippen molar-refractivity contribution in [2.24, 2.45) is 11.3 Å². The molecule has 3 aliphatic carbocycles. The van der Waals surface area contributed by atoms with E-state index >= 15 is 0 Å². The van der Waals surface area contributed by atoms with E-state index in [1.165, 1.54) is 13.0 Å². The Hall–Kier alpha value is -3.43. The minimum atomic E-state index is -1.18. The molecule has 3 aliphatic rings. The van der Waals surface area contributed by atoms with Gasteiger partial charge < -0.3 is 10.3 Å². The molecule has 0 saturated heterocycles. The van der Waals surface area contributed by atoms with Gasteiger partial charge in [0.25, 0.3) is 5.56 Å². The zero-order chi connectivity index (χ0) is 23.5. The van der Waals surface area contributed by atoms with Crippen molar-refractivity contribution in [1.82, 2.24) is 19.9 Å². The second-order valence-electron chi connectivity index (χ2n) is 9.24. The average Bonchev–Trinajstić information content (AvgIpc) is 2.68. The van der Waals surface area contributed by atoms with Gasteiger partial charge in [0.05, 0.1) is 28.8 Å². The molecular formula is C23H21F3N4O3. The molecule has 0 radical (unpaired) electrons. The van der Waals surface area contributed by atoms with E-state index in [1.54, 1.807) is 0 Å². The molecule has 1 aromatic carbocycles. The normalized spacial score (nSPS) is 22.8. The molecule has 10 heteroatoms. The number of carbonyl (C=O) groups is 1. The van der Waals surface area contributed by atoms with E-state index < -0.39 is 46.7 Å². The lowest BCUT2D eigenvalue weighted by molar-refractivity contribution is -0.140. The summed E-state index contributed by atoms with van der Waals surface area (Å²) in [7, 11) is 0. The van der Waals surface area contributed by atoms with E-state index in [4.69, 9.17) is 0 Å². The Labute approximate surface area is 185 Å². The van der Waals surface area contributed by atoms with Crippen molar-refractivity contribution in [3.63, 3.8) is 0 Å². The summed E-state index contributed by atoms with van der Waals surface area (Å²) >= 11 is 0. The van der Waals surface area contributed by atoms with E-state index in [2.05, 4.69) is 15.3 Å². The summed E-state index contributed by atoms with van der Waals surface area (Å²) in [6, 6.07) is 1.97. The van der Waals surface area contributed by atoms with Crippen molar-refractivity contribution in [3.8, 4) is 0 Å². The minimum absolute atomic E-state index is 0.0516. The Morgan fingerprint density at radius 1 is 1.21 bits per heavy atom. The van der Waals surface area contributed by atoms with Gasteiger partial charge in [-0.15, -0.1) is 0 Å². The number of fused-ring (bicyclic) bond motifs is 1. The van der Waals surface area contributed by atoms with Crippen LogP contribution < -0.4 is 16.6 Å². The number of aromatic nitrogens is 3. The molecule has 3 aromatic rings. The van der Waals surface area contributed by atoms with Crippen molar-refractivity contribution < 1.29 is 18.0 Å². The third-order valence-electron chi connectivity index (χ3n) is 6.90. The van der Waals surface area contributed by atoms with Crippen LogP contribution in [0, 0.1) is 28.8 Å². The maximum absolute atomic E-state index is 14.2. The first-order valence-corrected chi connectivity index (χ1v) is 10.7. The number of aromatic amines is 1. The predicted octanol–water partition coefficient (Wildman–Crippen LogP) is 3.11. The molecule has 0 aliphatic heterocycles. The van der Waals surface area contributed by atoms with Crippen LogP contribution in [0.1, 0.15) is 50.4 Å². The van der Waals surface area contributed by atoms with Crippen LogP contribution in [0.5, 0.6) is 0 Å². The summed E-state index contributed by atoms with van der Waals surface area (Å²) in [4.78, 5) is 45.6. The lowest BCUT2D eigenvalue weighted by Gasteiger charge is -2.63. The fraction of sp³-hybridized carbons (Fsp3) is 0.391. The maximum Gasteiger partial charge on any atom is 0.329 e. The number of benzene rings is 1. The van der Waals surface area contributed by atoms with Crippen LogP contribution in [-0.2, 0) is 4.79 Å². The van der Waals surface area contributed by atoms with E-state index in [0.29, 0.717) is 12.0 Å². The van der Waals surface area contributed by atoms with Crippen molar-refractivity contribution in [2.75, 3.05) is 0 Å². The molecular weight excluding hydrogens is 437 g/mol. The van der Waals surface area contributed by atoms with Crippen molar-refractivity contribution in [2.45, 2.75) is 44.7 Å². The van der Waals surface area contributed by atoms with Crippen LogP contribution in [0.4, 0.5) is 13.2 Å². The van der Waals surface area contributed by atoms with Crippen LogP contribution in [-0.4, -0.2) is 20.4 Å². The largest absolute Gasteiger partial charge is 0.346 e. The van der Waals surface area contributed by atoms with Gasteiger partial charge in [-0.1, -0.05) is 0 Å². The highest BCUT2D eigenvalue weighted by Gasteiger charge is 2.57. The quantitative estimate of drug-likeness (QED) is 0.593. The van der Waals surface area contributed by atoms with Gasteiger partial charge in [0.1, 0.15) is 23.5 Å². The van der Waals surface area contributed by atoms with Crippen LogP contribution in [0.2, 0.25) is 0 Å². The Balaban J connectivity index is 1.53. The van der Waals surface area contributed by atoms with E-state index in [0.717, 1.165) is 42.2 Å². The minimum Gasteiger partial charge on any atom is -0.346 e. The van der Waals surface area contributed by atoms with E-state index in [1.807, 2.05) is 0 Å². The third kappa shape index (κ3) is 3.63. The molecule has 2 bridgehead atoms. The van der Waals surface area contributed by atoms with Crippen molar-refractivity contribution in [1.29, 1.82) is 0 Å². The fourth-order valence-electron chi connectivity index (χ4n) is 5.22. The highest BCUT2D eigenvalue weighted by Crippen LogP contribution is 2.67. The molecule has 6 rings (SSSR count). The topological polar surface area (TPSA) is 96.9 Å². The average molecular weight is 458 g/mol. The number of amides is 1. The molecule has 172 valence electrons. The predicted molar refractivity (Wildman–Crippen MR) is 113 cm³/mol. The molecule has 0 spiro atoms. The monoisotopic (exact) mass is 458 g/mol. The second-order valence-corrected chi connectivity index (χ2v) is 9.24. The van der Waals surface area contributed by atoms with Gasteiger partial charge in [0, 0.05) is 6.07 Å². The number of hydrogen-bond donors (Lipinski definition) is 2. The molecule has 3 fully saturated rings. The summed E-state index contributed by atoms with van der Waals surface area (Å²) in [6.07, 6.45) is 3.83. The molecule has 2 atom stereocenters. The van der Waals surface area contributed by atoms with E-state index in [9.17, 15) is 27.6 Å². The molecule has 2 N–H and O–H groups in total. The second kappa shape index (κ2) is 7.57. The number of hydrogen-bond acceptors (Lipinski definition) is 4. The van der Waals surface area contributed by atoms with Gasteiger partial charge in [0.2, 0.25) is 5.91 Å². The zero-order valence-electron chi connectivity index (χ0n) is 17.7. The molecule has 2 aromatic heterocycles. The van der Waals surface area contributed by atoms with Gasteiger partial charge in [-0.05, 0) is 62.1 Å². The molecule has 33 heavy (non-hydrogen) atoms. The molecule has 3 saturated carbocycles. The first-order valence-electron chi connectivity index (χ1n) is 10.7.